The fourth-order valence-corrected chi connectivity index (χ4v) is 7.07. The fraction of sp³-hybridized carbons (Fsp3) is 1.00. The van der Waals surface area contributed by atoms with E-state index in [4.69, 9.17) is 27.2 Å². The Morgan fingerprint density at radius 2 is 1.00 bits per heavy atom. The molecule has 0 bridgehead atoms. The SMILES string of the molecule is CO[C@H]1O[C@H](CO[Si](C)(C)C)[C@H](O[Si](C)(C)C)[C@H](O[Si](C)(C)C)[C@H]1O[Si](C)(C)C. The monoisotopic (exact) mass is 482 g/mol. The minimum absolute atomic E-state index is 0.238. The Kier molecular flexibility index (Phi) is 9.59. The van der Waals surface area contributed by atoms with Crippen LogP contribution in [-0.2, 0) is 27.2 Å². The van der Waals surface area contributed by atoms with E-state index in [0.717, 1.165) is 0 Å². The zero-order valence-corrected chi connectivity index (χ0v) is 25.0. The Hall–Kier alpha value is 0.628. The van der Waals surface area contributed by atoms with Gasteiger partial charge < -0.3 is 27.2 Å². The molecule has 0 aromatic heterocycles. The van der Waals surface area contributed by atoms with Crippen molar-refractivity contribution in [1.82, 2.24) is 0 Å². The molecule has 6 nitrogen and oxygen atoms in total. The van der Waals surface area contributed by atoms with Crippen LogP contribution >= 0.6 is 0 Å². The van der Waals surface area contributed by atoms with Crippen LogP contribution in [0.5, 0.6) is 0 Å². The van der Waals surface area contributed by atoms with Gasteiger partial charge in [-0.3, -0.25) is 0 Å². The van der Waals surface area contributed by atoms with Crippen LogP contribution < -0.4 is 0 Å². The Labute approximate surface area is 183 Å². The second kappa shape index (κ2) is 10.1. The quantitative estimate of drug-likeness (QED) is 0.414. The zero-order chi connectivity index (χ0) is 22.8. The van der Waals surface area contributed by atoms with Crippen LogP contribution in [0.2, 0.25) is 78.6 Å². The third-order valence-corrected chi connectivity index (χ3v) is 7.94. The maximum atomic E-state index is 6.72. The van der Waals surface area contributed by atoms with Gasteiger partial charge in [0, 0.05) is 7.11 Å². The predicted octanol–water partition coefficient (Wildman–Crippen LogP) is 4.87. The molecule has 1 heterocycles. The minimum atomic E-state index is -1.88. The van der Waals surface area contributed by atoms with Crippen molar-refractivity contribution in [2.75, 3.05) is 13.7 Å². The van der Waals surface area contributed by atoms with Crippen LogP contribution in [0.3, 0.4) is 0 Å². The van der Waals surface area contributed by atoms with E-state index in [1.54, 1.807) is 7.11 Å². The van der Waals surface area contributed by atoms with E-state index < -0.39 is 39.6 Å². The van der Waals surface area contributed by atoms with E-state index in [9.17, 15) is 0 Å². The highest BCUT2D eigenvalue weighted by Crippen LogP contribution is 2.34. The summed E-state index contributed by atoms with van der Waals surface area (Å²) in [6.45, 7) is 26.8. The first-order valence-electron chi connectivity index (χ1n) is 10.7. The Bertz CT molecular complexity index is 507. The number of hydrogen-bond acceptors (Lipinski definition) is 6. The molecule has 1 aliphatic rings. The molecule has 0 amide bonds. The molecule has 29 heavy (non-hydrogen) atoms. The number of ether oxygens (including phenoxy) is 2. The first-order valence-corrected chi connectivity index (χ1v) is 24.3. The maximum absolute atomic E-state index is 6.72. The van der Waals surface area contributed by atoms with Gasteiger partial charge in [-0.2, -0.15) is 0 Å². The third-order valence-electron chi connectivity index (χ3n) is 3.97. The van der Waals surface area contributed by atoms with Crippen molar-refractivity contribution >= 4 is 33.3 Å². The Morgan fingerprint density at radius 1 is 0.586 bits per heavy atom. The third kappa shape index (κ3) is 10.7. The number of methoxy groups -OCH3 is 1. The molecule has 10 heteroatoms. The molecule has 0 N–H and O–H groups in total. The van der Waals surface area contributed by atoms with E-state index in [1.165, 1.54) is 0 Å². The molecule has 0 aromatic rings. The van der Waals surface area contributed by atoms with Crippen molar-refractivity contribution in [3.8, 4) is 0 Å². The summed E-state index contributed by atoms with van der Waals surface area (Å²) < 4.78 is 38.4. The lowest BCUT2D eigenvalue weighted by atomic mass is 9.99. The lowest BCUT2D eigenvalue weighted by molar-refractivity contribution is -0.283. The highest BCUT2D eigenvalue weighted by atomic mass is 28.4. The van der Waals surface area contributed by atoms with Crippen molar-refractivity contribution < 1.29 is 27.2 Å². The van der Waals surface area contributed by atoms with Crippen LogP contribution in [-0.4, -0.2) is 77.7 Å². The smallest absolute Gasteiger partial charge is 0.185 e. The highest BCUT2D eigenvalue weighted by molar-refractivity contribution is 6.71. The van der Waals surface area contributed by atoms with E-state index in [-0.39, 0.29) is 24.4 Å². The van der Waals surface area contributed by atoms with Crippen molar-refractivity contribution in [2.24, 2.45) is 0 Å². The first kappa shape index (κ1) is 27.7. The molecule has 5 atom stereocenters. The summed E-state index contributed by atoms with van der Waals surface area (Å²) in [6, 6.07) is 0. The van der Waals surface area contributed by atoms with Crippen molar-refractivity contribution in [2.45, 2.75) is 109 Å². The molecule has 0 aromatic carbocycles. The second-order valence-corrected chi connectivity index (χ2v) is 29.7. The summed E-state index contributed by atoms with van der Waals surface area (Å²) in [6.07, 6.45) is -1.55. The van der Waals surface area contributed by atoms with Crippen LogP contribution in [0, 0.1) is 0 Å². The molecule has 0 spiro atoms. The van der Waals surface area contributed by atoms with Crippen LogP contribution in [0.15, 0.2) is 0 Å². The Morgan fingerprint density at radius 3 is 1.38 bits per heavy atom. The molecule has 1 rings (SSSR count). The standard InChI is InChI=1S/C19H46O6Si4/c1-20-19-18(25-29(11,12)13)17(24-28(8,9)10)16(23-27(5,6)7)15(22-19)14-21-26(2,3)4/h15-19H,14H2,1-13H3/t15-,16+,17+,18-,19+/m1/s1. The summed E-state index contributed by atoms with van der Waals surface area (Å²) in [5, 5.41) is 0. The molecule has 0 saturated carbocycles. The van der Waals surface area contributed by atoms with E-state index in [0.29, 0.717) is 6.61 Å². The van der Waals surface area contributed by atoms with Crippen molar-refractivity contribution in [3.63, 3.8) is 0 Å². The molecule has 0 unspecified atom stereocenters. The largest absolute Gasteiger partial charge is 0.415 e. The summed E-state index contributed by atoms with van der Waals surface area (Å²) in [7, 11) is -5.66. The maximum Gasteiger partial charge on any atom is 0.185 e. The average molecular weight is 483 g/mol. The van der Waals surface area contributed by atoms with Gasteiger partial charge in [0.1, 0.15) is 24.4 Å². The van der Waals surface area contributed by atoms with Gasteiger partial charge in [-0.05, 0) is 78.6 Å². The summed E-state index contributed by atoms with van der Waals surface area (Å²) >= 11 is 0. The van der Waals surface area contributed by atoms with Crippen molar-refractivity contribution in [3.05, 3.63) is 0 Å². The average Bonchev–Trinajstić information content (AvgIpc) is 2.44. The van der Waals surface area contributed by atoms with Crippen LogP contribution in [0.4, 0.5) is 0 Å². The normalized spacial score (nSPS) is 29.9. The molecular formula is C19H46O6Si4. The molecule has 0 radical (unpaired) electrons. The fourth-order valence-electron chi connectivity index (χ4n) is 3.16. The molecule has 1 aliphatic heterocycles. The van der Waals surface area contributed by atoms with Gasteiger partial charge in [-0.15, -0.1) is 0 Å². The van der Waals surface area contributed by atoms with E-state index >= 15 is 0 Å². The topological polar surface area (TPSA) is 55.4 Å². The summed E-state index contributed by atoms with van der Waals surface area (Å²) in [4.78, 5) is 0. The van der Waals surface area contributed by atoms with Gasteiger partial charge >= 0.3 is 0 Å². The van der Waals surface area contributed by atoms with Crippen LogP contribution in [0.1, 0.15) is 0 Å². The number of hydrogen-bond donors (Lipinski definition) is 0. The summed E-state index contributed by atoms with van der Waals surface area (Å²) in [5.41, 5.74) is 0. The van der Waals surface area contributed by atoms with Gasteiger partial charge in [-0.1, -0.05) is 0 Å². The zero-order valence-electron chi connectivity index (χ0n) is 21.0. The lowest BCUT2D eigenvalue weighted by Gasteiger charge is -2.50. The van der Waals surface area contributed by atoms with E-state index in [2.05, 4.69) is 78.6 Å². The Balaban J connectivity index is 3.34. The number of rotatable bonds is 10. The van der Waals surface area contributed by atoms with Crippen LogP contribution in [0.25, 0.3) is 0 Å². The van der Waals surface area contributed by atoms with Gasteiger partial charge in [0.15, 0.2) is 39.6 Å². The minimum Gasteiger partial charge on any atom is -0.415 e. The first-order chi connectivity index (χ1) is 12.8. The molecule has 174 valence electrons. The lowest BCUT2D eigenvalue weighted by Crippen LogP contribution is -2.66. The molecular weight excluding hydrogens is 437 g/mol. The molecule has 1 fully saturated rings. The summed E-state index contributed by atoms with van der Waals surface area (Å²) in [5.74, 6) is 0. The van der Waals surface area contributed by atoms with Gasteiger partial charge in [0.25, 0.3) is 0 Å². The highest BCUT2D eigenvalue weighted by Gasteiger charge is 2.51. The van der Waals surface area contributed by atoms with Crippen molar-refractivity contribution in [1.29, 1.82) is 0 Å². The second-order valence-electron chi connectivity index (χ2n) is 11.8. The molecule has 1 saturated heterocycles. The van der Waals surface area contributed by atoms with Gasteiger partial charge in [0.05, 0.1) is 6.61 Å². The molecule has 0 aliphatic carbocycles. The van der Waals surface area contributed by atoms with E-state index in [1.807, 2.05) is 0 Å². The van der Waals surface area contributed by atoms with Gasteiger partial charge in [-0.25, -0.2) is 0 Å². The van der Waals surface area contributed by atoms with Gasteiger partial charge in [0.2, 0.25) is 0 Å². The predicted molar refractivity (Wildman–Crippen MR) is 130 cm³/mol.